The molecule has 3 aromatic rings. The largest absolute Gasteiger partial charge is 0.503 e. The molecule has 0 spiro atoms. The molecule has 1 heterocycles. The molecule has 9 nitrogen and oxygen atoms in total. The molecule has 4 rings (SSSR count). The van der Waals surface area contributed by atoms with Crippen LogP contribution in [0, 0.1) is 0 Å². The molecule has 10 heteroatoms. The molecular weight excluding hydrogens is 474 g/mol. The van der Waals surface area contributed by atoms with Gasteiger partial charge in [0.25, 0.3) is 11.8 Å². The van der Waals surface area contributed by atoms with Crippen molar-refractivity contribution in [3.05, 3.63) is 88.1 Å². The number of halogens is 1. The fourth-order valence-corrected chi connectivity index (χ4v) is 3.38. The number of fused-ring (bicyclic) bond motifs is 1. The van der Waals surface area contributed by atoms with Gasteiger partial charge in [-0.05, 0) is 53.6 Å². The smallest absolute Gasteiger partial charge is 0.287 e. The Bertz CT molecular complexity index is 1320. The van der Waals surface area contributed by atoms with Gasteiger partial charge in [-0.15, -0.1) is 0 Å². The molecule has 0 aromatic heterocycles. The van der Waals surface area contributed by atoms with E-state index >= 15 is 0 Å². The average molecular weight is 494 g/mol. The summed E-state index contributed by atoms with van der Waals surface area (Å²) in [6.45, 7) is 0.112. The van der Waals surface area contributed by atoms with Crippen LogP contribution in [0.4, 0.5) is 0 Å². The Morgan fingerprint density at radius 3 is 2.60 bits per heavy atom. The molecule has 1 aliphatic rings. The quantitative estimate of drug-likeness (QED) is 0.262. The summed E-state index contributed by atoms with van der Waals surface area (Å²) in [5.41, 5.74) is 3.79. The minimum absolute atomic E-state index is 0.0452. The first kappa shape index (κ1) is 23.7. The minimum atomic E-state index is -0.667. The van der Waals surface area contributed by atoms with E-state index < -0.39 is 11.8 Å². The lowest BCUT2D eigenvalue weighted by molar-refractivity contribution is -0.117. The summed E-state index contributed by atoms with van der Waals surface area (Å²) in [4.78, 5) is 25.6. The first-order valence-electron chi connectivity index (χ1n) is 10.3. The van der Waals surface area contributed by atoms with Gasteiger partial charge >= 0.3 is 0 Å². The molecule has 35 heavy (non-hydrogen) atoms. The monoisotopic (exact) mass is 493 g/mol. The summed E-state index contributed by atoms with van der Waals surface area (Å²) in [7, 11) is 1.39. The molecule has 0 atom stereocenters. The summed E-state index contributed by atoms with van der Waals surface area (Å²) in [5.74, 6) is -0.0540. The van der Waals surface area contributed by atoms with Crippen molar-refractivity contribution in [1.29, 1.82) is 0 Å². The zero-order valence-electron chi connectivity index (χ0n) is 18.4. The Labute approximate surface area is 205 Å². The number of hydrogen-bond acceptors (Lipinski definition) is 7. The normalized spacial score (nSPS) is 12.5. The van der Waals surface area contributed by atoms with Gasteiger partial charge in [-0.3, -0.25) is 9.59 Å². The molecule has 0 aliphatic carbocycles. The van der Waals surface area contributed by atoms with E-state index in [-0.39, 0.29) is 29.0 Å². The van der Waals surface area contributed by atoms with E-state index in [0.717, 1.165) is 0 Å². The number of phenols is 1. The van der Waals surface area contributed by atoms with Gasteiger partial charge in [-0.25, -0.2) is 5.43 Å². The van der Waals surface area contributed by atoms with E-state index in [9.17, 15) is 14.7 Å². The Kier molecular flexibility index (Phi) is 7.18. The Morgan fingerprint density at radius 1 is 1.06 bits per heavy atom. The number of ether oxygens (including phenoxy) is 3. The standard InChI is InChI=1S/C25H20ClN3O6/c1-33-22-12-16(9-18(26)23(22)30)13-27-29-25(32)19(28-24(31)17-5-3-2-4-6-17)10-15-7-8-20-21(11-15)35-14-34-20/h2-13,30H,14H2,1H3,(H,28,31)(H,29,32)/b19-10+,27-13-. The number of hydrazone groups is 1. The zero-order chi connectivity index (χ0) is 24.8. The number of carbonyl (C=O) groups excluding carboxylic acids is 2. The number of hydrogen-bond donors (Lipinski definition) is 3. The van der Waals surface area contributed by atoms with Crippen molar-refractivity contribution in [2.45, 2.75) is 0 Å². The van der Waals surface area contributed by atoms with Crippen molar-refractivity contribution in [3.63, 3.8) is 0 Å². The Hall–Kier alpha value is -4.50. The fourth-order valence-electron chi connectivity index (χ4n) is 3.16. The number of carbonyl (C=O) groups is 2. The van der Waals surface area contributed by atoms with Crippen molar-refractivity contribution in [3.8, 4) is 23.0 Å². The summed E-state index contributed by atoms with van der Waals surface area (Å²) in [5, 5.41) is 16.5. The molecule has 3 N–H and O–H groups in total. The van der Waals surface area contributed by atoms with Crippen molar-refractivity contribution in [2.24, 2.45) is 5.10 Å². The van der Waals surface area contributed by atoms with Gasteiger partial charge in [-0.1, -0.05) is 35.9 Å². The molecule has 0 saturated heterocycles. The van der Waals surface area contributed by atoms with Crippen molar-refractivity contribution >= 4 is 35.7 Å². The van der Waals surface area contributed by atoms with Crippen LogP contribution < -0.4 is 25.0 Å². The third-order valence-corrected chi connectivity index (χ3v) is 5.17. The number of aromatic hydroxyl groups is 1. The van der Waals surface area contributed by atoms with Crippen molar-refractivity contribution < 1.29 is 28.9 Å². The highest BCUT2D eigenvalue weighted by Crippen LogP contribution is 2.34. The lowest BCUT2D eigenvalue weighted by Crippen LogP contribution is -2.32. The second-order valence-electron chi connectivity index (χ2n) is 7.24. The molecule has 3 aromatic carbocycles. The van der Waals surface area contributed by atoms with Crippen LogP contribution in [0.1, 0.15) is 21.5 Å². The Morgan fingerprint density at radius 2 is 1.83 bits per heavy atom. The van der Waals surface area contributed by atoms with E-state index in [1.807, 2.05) is 0 Å². The number of amides is 2. The summed E-state index contributed by atoms with van der Waals surface area (Å²) >= 11 is 5.98. The van der Waals surface area contributed by atoms with Crippen LogP contribution in [-0.2, 0) is 4.79 Å². The van der Waals surface area contributed by atoms with Gasteiger partial charge in [0, 0.05) is 5.56 Å². The van der Waals surface area contributed by atoms with Gasteiger partial charge in [0.2, 0.25) is 6.79 Å². The molecule has 2 amide bonds. The average Bonchev–Trinajstić information content (AvgIpc) is 3.34. The first-order valence-corrected chi connectivity index (χ1v) is 10.7. The van der Waals surface area contributed by atoms with Crippen molar-refractivity contribution in [1.82, 2.24) is 10.7 Å². The zero-order valence-corrected chi connectivity index (χ0v) is 19.2. The summed E-state index contributed by atoms with van der Waals surface area (Å²) < 4.78 is 15.7. The van der Waals surface area contributed by atoms with Crippen molar-refractivity contribution in [2.75, 3.05) is 13.9 Å². The number of nitrogens with one attached hydrogen (secondary N) is 2. The molecule has 178 valence electrons. The molecule has 0 fully saturated rings. The maximum Gasteiger partial charge on any atom is 0.287 e. The van der Waals surface area contributed by atoms with E-state index in [4.69, 9.17) is 25.8 Å². The molecule has 0 bridgehead atoms. The van der Waals surface area contributed by atoms with Crippen LogP contribution in [0.15, 0.2) is 71.5 Å². The predicted molar refractivity (Wildman–Crippen MR) is 130 cm³/mol. The van der Waals surface area contributed by atoms with Crippen LogP contribution in [0.3, 0.4) is 0 Å². The van der Waals surface area contributed by atoms with Gasteiger partial charge in [0.15, 0.2) is 23.0 Å². The van der Waals surface area contributed by atoms with Gasteiger partial charge in [-0.2, -0.15) is 5.10 Å². The molecule has 0 unspecified atom stereocenters. The molecule has 1 aliphatic heterocycles. The third-order valence-electron chi connectivity index (χ3n) is 4.89. The van der Waals surface area contributed by atoms with E-state index in [0.29, 0.717) is 28.2 Å². The highest BCUT2D eigenvalue weighted by molar-refractivity contribution is 6.32. The van der Waals surface area contributed by atoms with Gasteiger partial charge < -0.3 is 24.6 Å². The van der Waals surface area contributed by atoms with Crippen LogP contribution in [0.5, 0.6) is 23.0 Å². The molecule has 0 saturated carbocycles. The number of rotatable bonds is 7. The van der Waals surface area contributed by atoms with Crippen LogP contribution >= 0.6 is 11.6 Å². The van der Waals surface area contributed by atoms with Crippen LogP contribution in [0.2, 0.25) is 5.02 Å². The fraction of sp³-hybridized carbons (Fsp3) is 0.0800. The molecular formula is C25H20ClN3O6. The van der Waals surface area contributed by atoms with Crippen LogP contribution in [0.25, 0.3) is 6.08 Å². The highest BCUT2D eigenvalue weighted by Gasteiger charge is 2.17. The minimum Gasteiger partial charge on any atom is -0.503 e. The van der Waals surface area contributed by atoms with E-state index in [1.54, 1.807) is 48.5 Å². The lowest BCUT2D eigenvalue weighted by Gasteiger charge is -2.10. The lowest BCUT2D eigenvalue weighted by atomic mass is 10.1. The Balaban J connectivity index is 1.56. The second-order valence-corrected chi connectivity index (χ2v) is 7.65. The third kappa shape index (κ3) is 5.71. The summed E-state index contributed by atoms with van der Waals surface area (Å²) in [6, 6.07) is 16.6. The van der Waals surface area contributed by atoms with E-state index in [1.165, 1.54) is 31.5 Å². The maximum atomic E-state index is 12.9. The number of phenolic OH excluding ortho intramolecular Hbond substituents is 1. The van der Waals surface area contributed by atoms with Gasteiger partial charge in [0.1, 0.15) is 5.70 Å². The number of nitrogens with zero attached hydrogens (tertiary/aromatic N) is 1. The summed E-state index contributed by atoms with van der Waals surface area (Å²) in [6.07, 6.45) is 2.82. The maximum absolute atomic E-state index is 12.9. The predicted octanol–water partition coefficient (Wildman–Crippen LogP) is 3.70. The highest BCUT2D eigenvalue weighted by atomic mass is 35.5. The molecule has 0 radical (unpaired) electrons. The SMILES string of the molecule is COc1cc(/C=N\NC(=O)/C(=C\c2ccc3c(c2)OCO3)NC(=O)c2ccccc2)cc(Cl)c1O. The second kappa shape index (κ2) is 10.6. The van der Waals surface area contributed by atoms with Gasteiger partial charge in [0.05, 0.1) is 18.3 Å². The first-order chi connectivity index (χ1) is 16.9. The van der Waals surface area contributed by atoms with E-state index in [2.05, 4.69) is 15.8 Å². The number of methoxy groups -OCH3 is 1. The van der Waals surface area contributed by atoms with Crippen LogP contribution in [-0.4, -0.2) is 37.0 Å². The number of benzene rings is 3. The topological polar surface area (TPSA) is 118 Å².